The fourth-order valence-corrected chi connectivity index (χ4v) is 2.52. The Bertz CT molecular complexity index is 447. The Balaban J connectivity index is 2.54. The van der Waals surface area contributed by atoms with Gasteiger partial charge in [-0.05, 0) is 31.7 Å². The monoisotopic (exact) mass is 215 g/mol. The van der Waals surface area contributed by atoms with Crippen molar-refractivity contribution < 1.29 is 4.74 Å². The van der Waals surface area contributed by atoms with E-state index >= 15 is 0 Å². The lowest BCUT2D eigenvalue weighted by atomic mass is 9.58. The molecule has 1 fully saturated rings. The van der Waals surface area contributed by atoms with Gasteiger partial charge < -0.3 is 4.74 Å². The molecule has 16 heavy (non-hydrogen) atoms. The number of benzene rings is 1. The number of methoxy groups -OCH3 is 1. The maximum atomic E-state index is 9.47. The molecule has 2 heteroatoms. The summed E-state index contributed by atoms with van der Waals surface area (Å²) in [4.78, 5) is 0. The number of hydrogen-bond acceptors (Lipinski definition) is 2. The summed E-state index contributed by atoms with van der Waals surface area (Å²) in [6, 6.07) is 8.59. The molecule has 0 spiro atoms. The number of aryl methyl sites for hydroxylation is 1. The quantitative estimate of drug-likeness (QED) is 0.759. The minimum absolute atomic E-state index is 0.322. The van der Waals surface area contributed by atoms with Gasteiger partial charge in [-0.1, -0.05) is 24.6 Å². The van der Waals surface area contributed by atoms with Crippen molar-refractivity contribution in [3.8, 4) is 11.8 Å². The molecule has 1 aliphatic carbocycles. The van der Waals surface area contributed by atoms with Crippen LogP contribution in [0.3, 0.4) is 0 Å². The molecule has 0 N–H and O–H groups in total. The van der Waals surface area contributed by atoms with Crippen LogP contribution in [-0.4, -0.2) is 7.11 Å². The van der Waals surface area contributed by atoms with Gasteiger partial charge in [-0.2, -0.15) is 5.26 Å². The maximum Gasteiger partial charge on any atom is 0.123 e. The summed E-state index contributed by atoms with van der Waals surface area (Å²) < 4.78 is 5.38. The highest BCUT2D eigenvalue weighted by Crippen LogP contribution is 2.50. The van der Waals surface area contributed by atoms with Crippen molar-refractivity contribution in [3.63, 3.8) is 0 Å². The molecule has 1 aromatic carbocycles. The molecule has 0 saturated heterocycles. The van der Waals surface area contributed by atoms with E-state index in [1.165, 1.54) is 5.56 Å². The fraction of sp³-hybridized carbons (Fsp3) is 0.500. The van der Waals surface area contributed by atoms with E-state index in [0.717, 1.165) is 24.2 Å². The lowest BCUT2D eigenvalue weighted by Crippen LogP contribution is -2.41. The highest BCUT2D eigenvalue weighted by Gasteiger charge is 2.47. The Morgan fingerprint density at radius 2 is 2.25 bits per heavy atom. The molecular weight excluding hydrogens is 198 g/mol. The largest absolute Gasteiger partial charge is 0.496 e. The van der Waals surface area contributed by atoms with Crippen LogP contribution in [0.5, 0.6) is 5.75 Å². The average Bonchev–Trinajstić information content (AvgIpc) is 2.29. The van der Waals surface area contributed by atoms with Crippen LogP contribution in [-0.2, 0) is 5.41 Å². The third-order valence-corrected chi connectivity index (χ3v) is 3.85. The van der Waals surface area contributed by atoms with Gasteiger partial charge in [0.25, 0.3) is 0 Å². The first-order chi connectivity index (χ1) is 7.64. The van der Waals surface area contributed by atoms with E-state index in [9.17, 15) is 5.26 Å². The van der Waals surface area contributed by atoms with Gasteiger partial charge in [0.1, 0.15) is 5.75 Å². The average molecular weight is 215 g/mol. The van der Waals surface area contributed by atoms with Crippen molar-refractivity contribution in [1.82, 2.24) is 0 Å². The summed E-state index contributed by atoms with van der Waals surface area (Å²) >= 11 is 0. The molecule has 0 heterocycles. The van der Waals surface area contributed by atoms with Gasteiger partial charge in [-0.15, -0.1) is 0 Å². The summed E-state index contributed by atoms with van der Waals surface area (Å²) in [6.07, 6.45) is 2.08. The molecule has 0 aromatic heterocycles. The highest BCUT2D eigenvalue weighted by molar-refractivity contribution is 5.48. The van der Waals surface area contributed by atoms with Crippen molar-refractivity contribution in [2.45, 2.75) is 32.1 Å². The smallest absolute Gasteiger partial charge is 0.123 e. The first-order valence-electron chi connectivity index (χ1n) is 5.70. The van der Waals surface area contributed by atoms with Crippen LogP contribution < -0.4 is 4.74 Å². The number of nitriles is 1. The van der Waals surface area contributed by atoms with Crippen molar-refractivity contribution in [2.24, 2.45) is 5.92 Å². The molecule has 1 saturated carbocycles. The summed E-state index contributed by atoms with van der Waals surface area (Å²) in [7, 11) is 1.67. The van der Waals surface area contributed by atoms with Crippen molar-refractivity contribution in [3.05, 3.63) is 29.3 Å². The van der Waals surface area contributed by atoms with E-state index in [4.69, 9.17) is 4.74 Å². The van der Waals surface area contributed by atoms with Crippen LogP contribution in [0.2, 0.25) is 0 Å². The standard InChI is InChI=1S/C14H17NO/c1-10-4-5-13(16-3)12(8-10)14(9-15)7-6-11(14)2/h4-5,8,11H,6-7H2,1-3H3. The highest BCUT2D eigenvalue weighted by atomic mass is 16.5. The van der Waals surface area contributed by atoms with E-state index in [-0.39, 0.29) is 5.41 Å². The second kappa shape index (κ2) is 3.83. The molecular formula is C14H17NO. The molecule has 0 amide bonds. The van der Waals surface area contributed by atoms with Gasteiger partial charge in [-0.3, -0.25) is 0 Å². The Morgan fingerprint density at radius 3 is 2.69 bits per heavy atom. The maximum absolute atomic E-state index is 9.47. The van der Waals surface area contributed by atoms with Crippen LogP contribution in [0.25, 0.3) is 0 Å². The van der Waals surface area contributed by atoms with Gasteiger partial charge in [0.05, 0.1) is 18.6 Å². The Hall–Kier alpha value is -1.49. The molecule has 2 rings (SSSR count). The van der Waals surface area contributed by atoms with Crippen LogP contribution in [0.1, 0.15) is 30.9 Å². The molecule has 2 unspecified atom stereocenters. The van der Waals surface area contributed by atoms with E-state index in [1.807, 2.05) is 12.1 Å². The molecule has 0 radical (unpaired) electrons. The fourth-order valence-electron chi connectivity index (χ4n) is 2.52. The first-order valence-corrected chi connectivity index (χ1v) is 5.70. The zero-order valence-electron chi connectivity index (χ0n) is 10.1. The van der Waals surface area contributed by atoms with E-state index < -0.39 is 0 Å². The van der Waals surface area contributed by atoms with Gasteiger partial charge in [-0.25, -0.2) is 0 Å². The zero-order chi connectivity index (χ0) is 11.8. The van der Waals surface area contributed by atoms with Crippen LogP contribution in [0.4, 0.5) is 0 Å². The Labute approximate surface area is 96.9 Å². The Morgan fingerprint density at radius 1 is 1.50 bits per heavy atom. The van der Waals surface area contributed by atoms with E-state index in [1.54, 1.807) is 7.11 Å². The lowest BCUT2D eigenvalue weighted by molar-refractivity contribution is 0.196. The number of hydrogen-bond donors (Lipinski definition) is 0. The topological polar surface area (TPSA) is 33.0 Å². The van der Waals surface area contributed by atoms with Crippen molar-refractivity contribution in [1.29, 1.82) is 5.26 Å². The zero-order valence-corrected chi connectivity index (χ0v) is 10.1. The van der Waals surface area contributed by atoms with Gasteiger partial charge in [0.15, 0.2) is 0 Å². The molecule has 2 atom stereocenters. The molecule has 0 bridgehead atoms. The second-order valence-electron chi connectivity index (χ2n) is 4.73. The minimum Gasteiger partial charge on any atom is -0.496 e. The van der Waals surface area contributed by atoms with E-state index in [2.05, 4.69) is 26.0 Å². The number of nitrogens with zero attached hydrogens (tertiary/aromatic N) is 1. The third-order valence-electron chi connectivity index (χ3n) is 3.85. The van der Waals surface area contributed by atoms with Crippen LogP contribution >= 0.6 is 0 Å². The van der Waals surface area contributed by atoms with Crippen LogP contribution in [0.15, 0.2) is 18.2 Å². The summed E-state index contributed by atoms with van der Waals surface area (Å²) in [6.45, 7) is 4.20. The molecule has 84 valence electrons. The molecule has 2 nitrogen and oxygen atoms in total. The lowest BCUT2D eigenvalue weighted by Gasteiger charge is -2.43. The molecule has 1 aliphatic rings. The summed E-state index contributed by atoms with van der Waals surface area (Å²) in [5.74, 6) is 1.27. The number of rotatable bonds is 2. The van der Waals surface area contributed by atoms with Crippen molar-refractivity contribution in [2.75, 3.05) is 7.11 Å². The normalized spacial score (nSPS) is 28.0. The molecule has 1 aromatic rings. The first kappa shape index (κ1) is 11.0. The Kier molecular flexibility index (Phi) is 2.63. The van der Waals surface area contributed by atoms with Crippen LogP contribution in [0, 0.1) is 24.2 Å². The SMILES string of the molecule is COc1ccc(C)cc1C1(C#N)CCC1C. The molecule has 0 aliphatic heterocycles. The van der Waals surface area contributed by atoms with Gasteiger partial charge in [0.2, 0.25) is 0 Å². The second-order valence-corrected chi connectivity index (χ2v) is 4.73. The van der Waals surface area contributed by atoms with E-state index in [0.29, 0.717) is 5.92 Å². The summed E-state index contributed by atoms with van der Waals surface area (Å²) in [5, 5.41) is 9.47. The van der Waals surface area contributed by atoms with Gasteiger partial charge >= 0.3 is 0 Å². The summed E-state index contributed by atoms with van der Waals surface area (Å²) in [5.41, 5.74) is 1.93. The van der Waals surface area contributed by atoms with Crippen molar-refractivity contribution >= 4 is 0 Å². The number of ether oxygens (including phenoxy) is 1. The predicted octanol–water partition coefficient (Wildman–Crippen LogP) is 3.19. The third kappa shape index (κ3) is 1.39. The predicted molar refractivity (Wildman–Crippen MR) is 63.4 cm³/mol. The minimum atomic E-state index is -0.322. The van der Waals surface area contributed by atoms with Gasteiger partial charge in [0, 0.05) is 5.56 Å².